The van der Waals surface area contributed by atoms with Crippen LogP contribution in [0.15, 0.2) is 70.9 Å². The Morgan fingerprint density at radius 2 is 1.52 bits per heavy atom. The summed E-state index contributed by atoms with van der Waals surface area (Å²) in [5.41, 5.74) is 4.63. The maximum Gasteiger partial charge on any atom is 0.0912 e. The van der Waals surface area contributed by atoms with Gasteiger partial charge in [0.25, 0.3) is 0 Å². The van der Waals surface area contributed by atoms with Crippen LogP contribution in [-0.4, -0.2) is 48.2 Å². The minimum atomic E-state index is -0.0714. The van der Waals surface area contributed by atoms with Crippen LogP contribution >= 0.6 is 0 Å². The molecule has 0 spiro atoms. The van der Waals surface area contributed by atoms with Gasteiger partial charge in [-0.2, -0.15) is 10.2 Å². The van der Waals surface area contributed by atoms with Gasteiger partial charge in [-0.05, 0) is 24.0 Å². The van der Waals surface area contributed by atoms with Crippen LogP contribution in [0.4, 0.5) is 0 Å². The number of benzene rings is 2. The first-order chi connectivity index (χ1) is 13.4. The van der Waals surface area contributed by atoms with Crippen LogP contribution < -0.4 is 0 Å². The zero-order chi connectivity index (χ0) is 18.1. The lowest BCUT2D eigenvalue weighted by molar-refractivity contribution is -0.00425. The lowest BCUT2D eigenvalue weighted by atomic mass is 9.73. The van der Waals surface area contributed by atoms with Crippen LogP contribution in [-0.2, 0) is 4.74 Å². The standard InChI is InChI=1S/C23H25N3O/c1-3-8-18(9-4-1)21-20-12-7-13-23(20,26-14-16-27-17-15-26)22(25-24-21)19-10-5-2-6-11-19/h1-6,8-11,20H,7,12-17H2. The molecular formula is C23H25N3O. The molecule has 0 amide bonds. The number of morpholine rings is 1. The Kier molecular flexibility index (Phi) is 4.38. The zero-order valence-electron chi connectivity index (χ0n) is 15.6. The highest BCUT2D eigenvalue weighted by Gasteiger charge is 2.55. The maximum absolute atomic E-state index is 5.68. The predicted octanol–water partition coefficient (Wildman–Crippen LogP) is 3.76. The molecule has 0 bridgehead atoms. The Labute approximate surface area is 160 Å². The first-order valence-electron chi connectivity index (χ1n) is 9.99. The van der Waals surface area contributed by atoms with E-state index in [1.807, 2.05) is 0 Å². The van der Waals surface area contributed by atoms with Crippen LogP contribution in [0, 0.1) is 5.92 Å². The van der Waals surface area contributed by atoms with E-state index < -0.39 is 0 Å². The summed E-state index contributed by atoms with van der Waals surface area (Å²) >= 11 is 0. The number of rotatable bonds is 3. The number of nitrogens with zero attached hydrogens (tertiary/aromatic N) is 3. The van der Waals surface area contributed by atoms with Crippen LogP contribution in [0.3, 0.4) is 0 Å². The second kappa shape index (κ2) is 7.02. The average Bonchev–Trinajstić information content (AvgIpc) is 3.21. The zero-order valence-corrected chi connectivity index (χ0v) is 15.6. The minimum Gasteiger partial charge on any atom is -0.379 e. The van der Waals surface area contributed by atoms with Gasteiger partial charge in [0.05, 0.1) is 30.2 Å². The molecule has 0 N–H and O–H groups in total. The molecule has 5 rings (SSSR count). The van der Waals surface area contributed by atoms with Crippen LogP contribution in [0.25, 0.3) is 0 Å². The molecule has 1 saturated carbocycles. The Hall–Kier alpha value is -2.30. The van der Waals surface area contributed by atoms with Crippen molar-refractivity contribution in [2.75, 3.05) is 26.3 Å². The quantitative estimate of drug-likeness (QED) is 0.837. The monoisotopic (exact) mass is 359 g/mol. The third-order valence-corrected chi connectivity index (χ3v) is 6.32. The molecule has 2 unspecified atom stereocenters. The Morgan fingerprint density at radius 3 is 2.22 bits per heavy atom. The molecule has 2 aliphatic heterocycles. The number of hydrogen-bond acceptors (Lipinski definition) is 4. The summed E-state index contributed by atoms with van der Waals surface area (Å²) in [5, 5.41) is 9.66. The van der Waals surface area contributed by atoms with E-state index in [9.17, 15) is 0 Å². The molecule has 2 fully saturated rings. The second-order valence-electron chi connectivity index (χ2n) is 7.63. The largest absolute Gasteiger partial charge is 0.379 e. The topological polar surface area (TPSA) is 37.2 Å². The third-order valence-electron chi connectivity index (χ3n) is 6.32. The Morgan fingerprint density at radius 1 is 0.852 bits per heavy atom. The van der Waals surface area contributed by atoms with E-state index in [0.717, 1.165) is 50.6 Å². The van der Waals surface area contributed by atoms with E-state index >= 15 is 0 Å². The lowest BCUT2D eigenvalue weighted by Gasteiger charge is -2.49. The van der Waals surface area contributed by atoms with E-state index in [1.165, 1.54) is 17.5 Å². The minimum absolute atomic E-state index is 0.0714. The molecule has 2 aromatic rings. The van der Waals surface area contributed by atoms with Gasteiger partial charge >= 0.3 is 0 Å². The third kappa shape index (κ3) is 2.75. The van der Waals surface area contributed by atoms with Crippen LogP contribution in [0.5, 0.6) is 0 Å². The smallest absolute Gasteiger partial charge is 0.0912 e. The maximum atomic E-state index is 5.68. The van der Waals surface area contributed by atoms with Crippen molar-refractivity contribution in [2.24, 2.45) is 16.1 Å². The predicted molar refractivity (Wildman–Crippen MR) is 108 cm³/mol. The molecule has 3 aliphatic rings. The summed E-state index contributed by atoms with van der Waals surface area (Å²) in [5.74, 6) is 0.380. The molecule has 0 aromatic heterocycles. The van der Waals surface area contributed by atoms with Crippen molar-refractivity contribution >= 4 is 11.4 Å². The summed E-state index contributed by atoms with van der Waals surface area (Å²) in [6.07, 6.45) is 3.51. The van der Waals surface area contributed by atoms with Crippen molar-refractivity contribution in [3.63, 3.8) is 0 Å². The van der Waals surface area contributed by atoms with E-state index in [-0.39, 0.29) is 5.54 Å². The molecule has 138 valence electrons. The van der Waals surface area contributed by atoms with Crippen molar-refractivity contribution in [1.82, 2.24) is 4.90 Å². The van der Waals surface area contributed by atoms with Crippen molar-refractivity contribution in [1.29, 1.82) is 0 Å². The van der Waals surface area contributed by atoms with Gasteiger partial charge in [-0.3, -0.25) is 4.90 Å². The van der Waals surface area contributed by atoms with Crippen LogP contribution in [0.1, 0.15) is 30.4 Å². The molecule has 1 aliphatic carbocycles. The van der Waals surface area contributed by atoms with E-state index in [2.05, 4.69) is 65.6 Å². The molecule has 0 radical (unpaired) electrons. The van der Waals surface area contributed by atoms with Gasteiger partial charge in [0.15, 0.2) is 0 Å². The molecule has 4 nitrogen and oxygen atoms in total. The highest BCUT2D eigenvalue weighted by Crippen LogP contribution is 2.47. The highest BCUT2D eigenvalue weighted by atomic mass is 16.5. The van der Waals surface area contributed by atoms with Crippen LogP contribution in [0.2, 0.25) is 0 Å². The number of hydrogen-bond donors (Lipinski definition) is 0. The normalized spacial score (nSPS) is 28.4. The van der Waals surface area contributed by atoms with E-state index in [4.69, 9.17) is 14.9 Å². The van der Waals surface area contributed by atoms with Gasteiger partial charge in [0.2, 0.25) is 0 Å². The Balaban J connectivity index is 1.67. The molecule has 2 atom stereocenters. The summed E-state index contributed by atoms with van der Waals surface area (Å²) in [4.78, 5) is 2.64. The van der Waals surface area contributed by atoms with Gasteiger partial charge in [-0.25, -0.2) is 0 Å². The summed E-state index contributed by atoms with van der Waals surface area (Å²) in [6, 6.07) is 21.2. The molecule has 2 heterocycles. The van der Waals surface area contributed by atoms with E-state index in [0.29, 0.717) is 5.92 Å². The summed E-state index contributed by atoms with van der Waals surface area (Å²) < 4.78 is 5.68. The van der Waals surface area contributed by atoms with Crippen molar-refractivity contribution in [2.45, 2.75) is 24.8 Å². The lowest BCUT2D eigenvalue weighted by Crippen LogP contribution is -2.62. The molecule has 2 aromatic carbocycles. The molecule has 4 heteroatoms. The summed E-state index contributed by atoms with van der Waals surface area (Å²) in [7, 11) is 0. The second-order valence-corrected chi connectivity index (χ2v) is 7.63. The van der Waals surface area contributed by atoms with Gasteiger partial charge < -0.3 is 4.74 Å². The molecule has 27 heavy (non-hydrogen) atoms. The fraction of sp³-hybridized carbons (Fsp3) is 0.391. The number of ether oxygens (including phenoxy) is 1. The SMILES string of the molecule is c1ccc(C2=NN=C(c3ccccc3)C3(N4CCOCC4)CCCC23)cc1. The molecule has 1 saturated heterocycles. The van der Waals surface area contributed by atoms with Gasteiger partial charge in [-0.1, -0.05) is 67.1 Å². The molecular weight excluding hydrogens is 334 g/mol. The van der Waals surface area contributed by atoms with Crippen molar-refractivity contribution in [3.8, 4) is 0 Å². The van der Waals surface area contributed by atoms with Gasteiger partial charge in [0, 0.05) is 19.0 Å². The van der Waals surface area contributed by atoms with Gasteiger partial charge in [-0.15, -0.1) is 0 Å². The first kappa shape index (κ1) is 16.8. The highest BCUT2D eigenvalue weighted by molar-refractivity contribution is 6.16. The Bertz CT molecular complexity index is 856. The average molecular weight is 359 g/mol. The van der Waals surface area contributed by atoms with Gasteiger partial charge in [0.1, 0.15) is 0 Å². The fourth-order valence-corrected chi connectivity index (χ4v) is 5.16. The van der Waals surface area contributed by atoms with Crippen molar-refractivity contribution < 1.29 is 4.74 Å². The summed E-state index contributed by atoms with van der Waals surface area (Å²) in [6.45, 7) is 3.53. The van der Waals surface area contributed by atoms with Crippen molar-refractivity contribution in [3.05, 3.63) is 71.8 Å². The fourth-order valence-electron chi connectivity index (χ4n) is 5.16. The van der Waals surface area contributed by atoms with E-state index in [1.54, 1.807) is 0 Å². The number of fused-ring (bicyclic) bond motifs is 1. The first-order valence-corrected chi connectivity index (χ1v) is 9.99.